The number of nitrogens with one attached hydrogen (secondary N) is 1. The summed E-state index contributed by atoms with van der Waals surface area (Å²) in [4.78, 5) is 12.6. The van der Waals surface area contributed by atoms with E-state index in [2.05, 4.69) is 50.1 Å². The largest absolute Gasteiger partial charge is 0.321 e. The van der Waals surface area contributed by atoms with Crippen LogP contribution < -0.4 is 5.32 Å². The summed E-state index contributed by atoms with van der Waals surface area (Å²) < 4.78 is 3.71. The highest BCUT2D eigenvalue weighted by Crippen LogP contribution is 2.24. The molecule has 0 aliphatic rings. The monoisotopic (exact) mass is 351 g/mol. The molecule has 0 spiro atoms. The minimum absolute atomic E-state index is 0.177. The Balaban J connectivity index is 1.80. The fraction of sp³-hybridized carbons (Fsp3) is 0.350. The van der Waals surface area contributed by atoms with Crippen molar-refractivity contribution in [1.29, 1.82) is 0 Å². The average Bonchev–Trinajstić information content (AvgIpc) is 3.25. The van der Waals surface area contributed by atoms with E-state index in [-0.39, 0.29) is 17.4 Å². The van der Waals surface area contributed by atoms with Crippen molar-refractivity contribution in [3.05, 3.63) is 60.2 Å². The predicted molar refractivity (Wildman–Crippen MR) is 103 cm³/mol. The van der Waals surface area contributed by atoms with Gasteiger partial charge in [-0.15, -0.1) is 0 Å². The minimum Gasteiger partial charge on any atom is -0.321 e. The lowest BCUT2D eigenvalue weighted by Crippen LogP contribution is -2.26. The van der Waals surface area contributed by atoms with Crippen molar-refractivity contribution in [3.63, 3.8) is 0 Å². The molecule has 0 aliphatic heterocycles. The van der Waals surface area contributed by atoms with Gasteiger partial charge >= 0.3 is 0 Å². The van der Waals surface area contributed by atoms with E-state index < -0.39 is 0 Å². The molecule has 0 saturated heterocycles. The summed E-state index contributed by atoms with van der Waals surface area (Å²) in [6, 6.07) is 11.3. The molecule has 1 aromatic carbocycles. The van der Waals surface area contributed by atoms with Crippen LogP contribution in [0.1, 0.15) is 56.7 Å². The second kappa shape index (κ2) is 6.78. The summed E-state index contributed by atoms with van der Waals surface area (Å²) in [5, 5.41) is 11.7. The fourth-order valence-corrected chi connectivity index (χ4v) is 2.77. The molecular weight excluding hydrogens is 326 g/mol. The molecule has 0 bridgehead atoms. The van der Waals surface area contributed by atoms with Crippen LogP contribution in [0.5, 0.6) is 0 Å². The van der Waals surface area contributed by atoms with Crippen LogP contribution in [0.3, 0.4) is 0 Å². The molecule has 1 N–H and O–H groups in total. The van der Waals surface area contributed by atoms with E-state index in [0.717, 1.165) is 17.1 Å². The number of carbonyl (C=O) groups is 1. The van der Waals surface area contributed by atoms with E-state index in [1.54, 1.807) is 10.9 Å². The van der Waals surface area contributed by atoms with Crippen LogP contribution in [0, 0.1) is 0 Å². The van der Waals surface area contributed by atoms with Crippen molar-refractivity contribution >= 4 is 11.6 Å². The summed E-state index contributed by atoms with van der Waals surface area (Å²) in [6.07, 6.45) is 3.60. The van der Waals surface area contributed by atoms with Crippen LogP contribution in [0.15, 0.2) is 48.8 Å². The maximum atomic E-state index is 12.6. The lowest BCUT2D eigenvalue weighted by Gasteiger charge is -2.23. The quantitative estimate of drug-likeness (QED) is 0.766. The Kier molecular flexibility index (Phi) is 4.68. The molecule has 0 unspecified atom stereocenters. The first-order valence-electron chi connectivity index (χ1n) is 8.77. The van der Waals surface area contributed by atoms with Gasteiger partial charge in [-0.2, -0.15) is 10.2 Å². The van der Waals surface area contributed by atoms with Gasteiger partial charge < -0.3 is 5.32 Å². The molecule has 0 atom stereocenters. The molecule has 0 saturated carbocycles. The number of hydrogen-bond acceptors (Lipinski definition) is 3. The summed E-state index contributed by atoms with van der Waals surface area (Å²) >= 11 is 0. The van der Waals surface area contributed by atoms with E-state index in [1.807, 2.05) is 47.3 Å². The smallest absolute Gasteiger partial charge is 0.276 e. The van der Waals surface area contributed by atoms with Gasteiger partial charge in [0.2, 0.25) is 0 Å². The zero-order valence-electron chi connectivity index (χ0n) is 15.9. The SMILES string of the molecule is CC(C)c1cc(C(=O)Nc2ccc(-n3cccn3)cc2)nn1C(C)(C)C. The average molecular weight is 351 g/mol. The third-order valence-electron chi connectivity index (χ3n) is 4.09. The molecule has 6 heteroatoms. The topological polar surface area (TPSA) is 64.7 Å². The summed E-state index contributed by atoms with van der Waals surface area (Å²) in [6.45, 7) is 10.5. The summed E-state index contributed by atoms with van der Waals surface area (Å²) in [7, 11) is 0. The van der Waals surface area contributed by atoms with Crippen molar-refractivity contribution in [2.75, 3.05) is 5.32 Å². The zero-order chi connectivity index (χ0) is 18.9. The van der Waals surface area contributed by atoms with Crippen molar-refractivity contribution in [2.24, 2.45) is 0 Å². The molecule has 3 aromatic rings. The Morgan fingerprint density at radius 2 is 1.85 bits per heavy atom. The number of carbonyl (C=O) groups excluding carboxylic acids is 1. The highest BCUT2D eigenvalue weighted by Gasteiger charge is 2.23. The molecular formula is C20H25N5O. The van der Waals surface area contributed by atoms with Gasteiger partial charge in [0.05, 0.1) is 11.2 Å². The van der Waals surface area contributed by atoms with E-state index >= 15 is 0 Å². The fourth-order valence-electron chi connectivity index (χ4n) is 2.77. The van der Waals surface area contributed by atoms with E-state index in [0.29, 0.717) is 5.69 Å². The lowest BCUT2D eigenvalue weighted by atomic mass is 10.1. The number of hydrogen-bond donors (Lipinski definition) is 1. The second-order valence-electron chi connectivity index (χ2n) is 7.64. The number of anilines is 1. The molecule has 0 aliphatic carbocycles. The van der Waals surface area contributed by atoms with Gasteiger partial charge in [-0.25, -0.2) is 4.68 Å². The Bertz CT molecular complexity index is 883. The first-order valence-corrected chi connectivity index (χ1v) is 8.77. The summed E-state index contributed by atoms with van der Waals surface area (Å²) in [5.74, 6) is 0.0818. The van der Waals surface area contributed by atoms with Crippen LogP contribution in [-0.4, -0.2) is 25.5 Å². The molecule has 0 radical (unpaired) electrons. The van der Waals surface area contributed by atoms with Crippen molar-refractivity contribution in [1.82, 2.24) is 19.6 Å². The Morgan fingerprint density at radius 3 is 2.35 bits per heavy atom. The van der Waals surface area contributed by atoms with Gasteiger partial charge in [-0.1, -0.05) is 13.8 Å². The molecule has 2 aromatic heterocycles. The number of aromatic nitrogens is 4. The van der Waals surface area contributed by atoms with Crippen molar-refractivity contribution in [3.8, 4) is 5.69 Å². The van der Waals surface area contributed by atoms with Crippen molar-refractivity contribution in [2.45, 2.75) is 46.1 Å². The third-order valence-corrected chi connectivity index (χ3v) is 4.09. The molecule has 136 valence electrons. The van der Waals surface area contributed by atoms with E-state index in [1.165, 1.54) is 0 Å². The number of benzene rings is 1. The minimum atomic E-state index is -0.207. The zero-order valence-corrected chi connectivity index (χ0v) is 15.9. The third kappa shape index (κ3) is 3.69. The Morgan fingerprint density at radius 1 is 1.15 bits per heavy atom. The lowest BCUT2D eigenvalue weighted by molar-refractivity contribution is 0.102. The Labute approximate surface area is 153 Å². The van der Waals surface area contributed by atoms with Crippen molar-refractivity contribution < 1.29 is 4.79 Å². The molecule has 26 heavy (non-hydrogen) atoms. The van der Waals surface area contributed by atoms with Crippen LogP contribution in [0.4, 0.5) is 5.69 Å². The predicted octanol–water partition coefficient (Wildman–Crippen LogP) is 4.20. The first-order chi connectivity index (χ1) is 12.3. The van der Waals surface area contributed by atoms with Crippen LogP contribution in [0.25, 0.3) is 5.69 Å². The number of nitrogens with zero attached hydrogens (tertiary/aromatic N) is 4. The second-order valence-corrected chi connectivity index (χ2v) is 7.64. The maximum Gasteiger partial charge on any atom is 0.276 e. The standard InChI is InChI=1S/C20H25N5O/c1-14(2)18-13-17(23-25(18)20(3,4)5)19(26)22-15-7-9-16(10-8-15)24-12-6-11-21-24/h6-14H,1-5H3,(H,22,26). The number of amides is 1. The van der Waals surface area contributed by atoms with Gasteiger partial charge in [0.25, 0.3) is 5.91 Å². The highest BCUT2D eigenvalue weighted by atomic mass is 16.2. The molecule has 6 nitrogen and oxygen atoms in total. The molecule has 1 amide bonds. The van der Waals surface area contributed by atoms with Crippen LogP contribution >= 0.6 is 0 Å². The Hall–Kier alpha value is -2.89. The maximum absolute atomic E-state index is 12.6. The van der Waals surface area contributed by atoms with Crippen LogP contribution in [-0.2, 0) is 5.54 Å². The van der Waals surface area contributed by atoms with E-state index in [4.69, 9.17) is 0 Å². The normalized spacial score (nSPS) is 11.8. The van der Waals surface area contributed by atoms with Gasteiger partial charge in [-0.05, 0) is 63.1 Å². The molecule has 2 heterocycles. The summed E-state index contributed by atoms with van der Waals surface area (Å²) in [5.41, 5.74) is 2.97. The highest BCUT2D eigenvalue weighted by molar-refractivity contribution is 6.03. The van der Waals surface area contributed by atoms with Gasteiger partial charge in [0.1, 0.15) is 0 Å². The first kappa shape index (κ1) is 17.9. The van der Waals surface area contributed by atoms with Gasteiger partial charge in [0.15, 0.2) is 5.69 Å². The molecule has 3 rings (SSSR count). The van der Waals surface area contributed by atoms with Crippen LogP contribution in [0.2, 0.25) is 0 Å². The van der Waals surface area contributed by atoms with Gasteiger partial charge in [0, 0.05) is 23.8 Å². The number of rotatable bonds is 4. The molecule has 0 fully saturated rings. The van der Waals surface area contributed by atoms with Gasteiger partial charge in [-0.3, -0.25) is 9.48 Å². The van der Waals surface area contributed by atoms with E-state index in [9.17, 15) is 4.79 Å².